The van der Waals surface area contributed by atoms with Crippen molar-refractivity contribution in [2.24, 2.45) is 0 Å². The summed E-state index contributed by atoms with van der Waals surface area (Å²) in [6, 6.07) is 8.27. The average Bonchev–Trinajstić information content (AvgIpc) is 2.36. The molecule has 10 heavy (non-hydrogen) atoms. The number of halogens is 1. The first-order chi connectivity index (χ1) is 4.88. The molecule has 0 atom stereocenters. The van der Waals surface area contributed by atoms with Gasteiger partial charge in [0.15, 0.2) is 5.13 Å². The summed E-state index contributed by atoms with van der Waals surface area (Å²) < 4.78 is 12.8. The Hall–Kier alpha value is -0.890. The summed E-state index contributed by atoms with van der Waals surface area (Å²) in [4.78, 5) is 0. The molecule has 1 aliphatic carbocycles. The maximum atomic E-state index is 12.8. The van der Waals surface area contributed by atoms with Crippen molar-refractivity contribution < 1.29 is 4.39 Å². The molecule has 0 fully saturated rings. The Morgan fingerprint density at radius 2 is 2.30 bits per heavy atom. The van der Waals surface area contributed by atoms with Crippen molar-refractivity contribution in [3.63, 3.8) is 0 Å². The van der Waals surface area contributed by atoms with E-state index in [0.29, 0.717) is 5.56 Å². The lowest BCUT2D eigenvalue weighted by molar-refractivity contribution is 0.659. The number of hydrogen-bond donors (Lipinski definition) is 0. The Balaban J connectivity index is 2.80. The van der Waals surface area contributed by atoms with Crippen LogP contribution in [-0.2, 0) is 0 Å². The summed E-state index contributed by atoms with van der Waals surface area (Å²) in [5.41, 5.74) is 1.53. The van der Waals surface area contributed by atoms with E-state index in [1.807, 2.05) is 6.07 Å². The Bertz CT molecular complexity index is 313. The summed E-state index contributed by atoms with van der Waals surface area (Å²) in [5.74, 6) is 0. The van der Waals surface area contributed by atoms with E-state index < -0.39 is 0 Å². The molecule has 0 unspecified atom stereocenters. The van der Waals surface area contributed by atoms with Crippen LogP contribution in [0.3, 0.4) is 0 Å². The van der Waals surface area contributed by atoms with Crippen LogP contribution in [-0.4, -0.2) is 0 Å². The van der Waals surface area contributed by atoms with E-state index in [4.69, 9.17) is 0 Å². The Kier molecular flexibility index (Phi) is 1.21. The van der Waals surface area contributed by atoms with Gasteiger partial charge in [-0.05, 0) is 29.1 Å². The maximum absolute atomic E-state index is 12.8. The van der Waals surface area contributed by atoms with Crippen molar-refractivity contribution in [1.29, 1.82) is 0 Å². The largest absolute Gasteiger partial charge is 0.194 e. The molecule has 0 aromatic rings. The van der Waals surface area contributed by atoms with Crippen LogP contribution in [0.2, 0.25) is 0 Å². The standard InChI is InChI=1S/C8H4FS/c9-8-7-3-1-2-6(7)4-5-10-8/h1,3-5H. The zero-order valence-electron chi connectivity index (χ0n) is 5.10. The van der Waals surface area contributed by atoms with E-state index in [1.54, 1.807) is 17.5 Å². The van der Waals surface area contributed by atoms with Gasteiger partial charge in [0.2, 0.25) is 0 Å². The molecule has 0 spiro atoms. The van der Waals surface area contributed by atoms with Gasteiger partial charge in [0.05, 0.1) is 0 Å². The minimum Gasteiger partial charge on any atom is -0.194 e. The normalized spacial score (nSPS) is 10.5. The van der Waals surface area contributed by atoms with E-state index in [9.17, 15) is 4.39 Å². The average molecular weight is 151 g/mol. The predicted octanol–water partition coefficient (Wildman–Crippen LogP) is 2.79. The number of hydrogen-bond acceptors (Lipinski definition) is 1. The molecule has 0 saturated heterocycles. The van der Waals surface area contributed by atoms with Crippen LogP contribution < -0.4 is 0 Å². The highest BCUT2D eigenvalue weighted by molar-refractivity contribution is 7.08. The predicted molar refractivity (Wildman–Crippen MR) is 39.7 cm³/mol. The minimum absolute atomic E-state index is 0.126. The third-order valence-electron chi connectivity index (χ3n) is 1.40. The van der Waals surface area contributed by atoms with Gasteiger partial charge < -0.3 is 0 Å². The van der Waals surface area contributed by atoms with Gasteiger partial charge in [-0.3, -0.25) is 0 Å². The van der Waals surface area contributed by atoms with Crippen LogP contribution in [0, 0.1) is 11.2 Å². The summed E-state index contributed by atoms with van der Waals surface area (Å²) in [5, 5.41) is 1.60. The highest BCUT2D eigenvalue weighted by Gasteiger charge is 2.06. The SMILES string of the molecule is Fc1sccc2[c]ccc1-2. The molecule has 0 bridgehead atoms. The monoisotopic (exact) mass is 151 g/mol. The molecule has 2 rings (SSSR count). The quantitative estimate of drug-likeness (QED) is 0.543. The first kappa shape index (κ1) is 5.86. The molecule has 49 valence electrons. The lowest BCUT2D eigenvalue weighted by atomic mass is 10.2. The van der Waals surface area contributed by atoms with Crippen molar-refractivity contribution in [2.45, 2.75) is 0 Å². The third kappa shape index (κ3) is 0.727. The summed E-state index contributed by atoms with van der Waals surface area (Å²) >= 11 is 1.11. The minimum atomic E-state index is -0.126. The third-order valence-corrected chi connectivity index (χ3v) is 2.10. The second-order valence-corrected chi connectivity index (χ2v) is 2.87. The smallest absolute Gasteiger partial charge is 0.184 e. The fourth-order valence-electron chi connectivity index (χ4n) is 0.917. The molecule has 0 aromatic carbocycles. The summed E-state index contributed by atoms with van der Waals surface area (Å²) in [7, 11) is 0. The Morgan fingerprint density at radius 1 is 1.40 bits per heavy atom. The van der Waals surface area contributed by atoms with Crippen molar-refractivity contribution >= 4 is 11.3 Å². The number of fused-ring (bicyclic) bond motifs is 1. The number of rotatable bonds is 0. The molecule has 0 saturated carbocycles. The highest BCUT2D eigenvalue weighted by atomic mass is 32.1. The zero-order valence-corrected chi connectivity index (χ0v) is 5.91. The second kappa shape index (κ2) is 2.06. The molecule has 0 amide bonds. The first-order valence-corrected chi connectivity index (χ1v) is 3.79. The van der Waals surface area contributed by atoms with E-state index in [-0.39, 0.29) is 5.13 Å². The van der Waals surface area contributed by atoms with Crippen molar-refractivity contribution in [1.82, 2.24) is 0 Å². The molecule has 0 N–H and O–H groups in total. The lowest BCUT2D eigenvalue weighted by Crippen LogP contribution is -1.74. The lowest BCUT2D eigenvalue weighted by Gasteiger charge is -1.95. The molecule has 1 heterocycles. The van der Waals surface area contributed by atoms with E-state index in [0.717, 1.165) is 16.9 Å². The van der Waals surface area contributed by atoms with Gasteiger partial charge in [0.1, 0.15) is 0 Å². The van der Waals surface area contributed by atoms with Crippen LogP contribution in [0.25, 0.3) is 11.1 Å². The van der Waals surface area contributed by atoms with Crippen LogP contribution in [0.5, 0.6) is 0 Å². The van der Waals surface area contributed by atoms with E-state index in [2.05, 4.69) is 6.07 Å². The molecule has 2 aliphatic rings. The van der Waals surface area contributed by atoms with Gasteiger partial charge in [-0.15, -0.1) is 11.3 Å². The van der Waals surface area contributed by atoms with Crippen LogP contribution in [0.4, 0.5) is 4.39 Å². The first-order valence-electron chi connectivity index (χ1n) is 2.91. The molecule has 2 heteroatoms. The second-order valence-electron chi connectivity index (χ2n) is 2.00. The van der Waals surface area contributed by atoms with Gasteiger partial charge in [-0.1, -0.05) is 6.07 Å². The van der Waals surface area contributed by atoms with Gasteiger partial charge in [0, 0.05) is 5.56 Å². The Labute approximate surface area is 62.3 Å². The van der Waals surface area contributed by atoms with Crippen molar-refractivity contribution in [3.8, 4) is 11.1 Å². The molecule has 0 aromatic heterocycles. The highest BCUT2D eigenvalue weighted by Crippen LogP contribution is 2.27. The van der Waals surface area contributed by atoms with Crippen molar-refractivity contribution in [2.75, 3.05) is 0 Å². The van der Waals surface area contributed by atoms with Gasteiger partial charge in [0.25, 0.3) is 0 Å². The Morgan fingerprint density at radius 3 is 3.10 bits per heavy atom. The van der Waals surface area contributed by atoms with Crippen LogP contribution >= 0.6 is 11.3 Å². The molecular formula is C8H4FS. The topological polar surface area (TPSA) is 0 Å². The van der Waals surface area contributed by atoms with Crippen LogP contribution in [0.1, 0.15) is 0 Å². The van der Waals surface area contributed by atoms with Crippen LogP contribution in [0.15, 0.2) is 23.6 Å². The van der Waals surface area contributed by atoms with Gasteiger partial charge >= 0.3 is 0 Å². The zero-order chi connectivity index (χ0) is 6.97. The van der Waals surface area contributed by atoms with Gasteiger partial charge in [-0.25, -0.2) is 0 Å². The maximum Gasteiger partial charge on any atom is 0.184 e. The van der Waals surface area contributed by atoms with Gasteiger partial charge in [-0.2, -0.15) is 4.39 Å². The molecule has 1 radical (unpaired) electrons. The summed E-state index contributed by atoms with van der Waals surface area (Å²) in [6.07, 6.45) is 0. The van der Waals surface area contributed by atoms with Crippen molar-refractivity contribution in [3.05, 3.63) is 34.8 Å². The molecule has 1 aliphatic heterocycles. The summed E-state index contributed by atoms with van der Waals surface area (Å²) in [6.45, 7) is 0. The van der Waals surface area contributed by atoms with E-state index >= 15 is 0 Å². The fraction of sp³-hybridized carbons (Fsp3) is 0. The van der Waals surface area contributed by atoms with E-state index in [1.165, 1.54) is 0 Å². The fourth-order valence-corrected chi connectivity index (χ4v) is 1.55. The molecule has 0 nitrogen and oxygen atoms in total. The molecular weight excluding hydrogens is 147 g/mol.